The molecule has 21 nitrogen and oxygen atoms in total. The molecule has 3 aromatic carbocycles. The van der Waals surface area contributed by atoms with Crippen LogP contribution in [0.5, 0.6) is 0 Å². The number of nitrogens with zero attached hydrogens (tertiary/aromatic N) is 3. The highest BCUT2D eigenvalue weighted by atomic mass is 32.1. The summed E-state index contributed by atoms with van der Waals surface area (Å²) in [6, 6.07) is 17.3. The van der Waals surface area contributed by atoms with E-state index >= 15 is 4.39 Å². The predicted octanol–water partition coefficient (Wildman–Crippen LogP) is 1.54. The molecule has 5 heterocycles. The average molecular weight is 1090 g/mol. The van der Waals surface area contributed by atoms with Gasteiger partial charge in [-0.1, -0.05) is 49.4 Å². The lowest BCUT2D eigenvalue weighted by Gasteiger charge is -2.37. The smallest absolute Gasteiger partial charge is 0.340 e. The maximum absolute atomic E-state index is 15.4. The zero-order chi connectivity index (χ0) is 55.4. The molecule has 4 aliphatic rings. The largest absolute Gasteiger partial charge is 0.458 e. The Morgan fingerprint density at radius 3 is 2.32 bits per heavy atom. The second-order valence-corrected chi connectivity index (χ2v) is 20.5. The summed E-state index contributed by atoms with van der Waals surface area (Å²) >= 11 is 4.14. The Hall–Kier alpha value is -7.86. The molecule has 5 aromatic rings. The highest BCUT2D eigenvalue weighted by Gasteiger charge is 2.42. The number of hydrogen-bond acceptors (Lipinski definition) is 15. The van der Waals surface area contributed by atoms with E-state index in [0.717, 1.165) is 32.5 Å². The van der Waals surface area contributed by atoms with E-state index in [0.29, 0.717) is 53.0 Å². The Bertz CT molecular complexity index is 3320. The normalized spacial score (nSPS) is 18.4. The van der Waals surface area contributed by atoms with Crippen molar-refractivity contribution in [2.75, 3.05) is 51.1 Å². The summed E-state index contributed by atoms with van der Waals surface area (Å²) in [4.78, 5) is 121. The molecule has 3 unspecified atom stereocenters. The van der Waals surface area contributed by atoms with E-state index in [2.05, 4.69) is 39.2 Å². The van der Waals surface area contributed by atoms with Crippen molar-refractivity contribution in [1.82, 2.24) is 36.1 Å². The van der Waals surface area contributed by atoms with Gasteiger partial charge in [0.25, 0.3) is 5.56 Å². The Labute approximate surface area is 451 Å². The lowest BCUT2D eigenvalue weighted by Crippen LogP contribution is -2.52. The molecule has 78 heavy (non-hydrogen) atoms. The van der Waals surface area contributed by atoms with E-state index in [4.69, 9.17) is 19.2 Å². The summed E-state index contributed by atoms with van der Waals surface area (Å²) in [5.41, 5.74) is 5.51. The van der Waals surface area contributed by atoms with Crippen molar-refractivity contribution in [2.45, 2.75) is 88.3 Å². The van der Waals surface area contributed by atoms with Crippen LogP contribution in [0.4, 0.5) is 10.1 Å². The number of aliphatic hydroxyl groups excluding tert-OH is 1. The summed E-state index contributed by atoms with van der Waals surface area (Å²) in [5, 5.41) is 23.4. The molecule has 7 amide bonds. The van der Waals surface area contributed by atoms with Crippen molar-refractivity contribution in [3.63, 3.8) is 0 Å². The number of amides is 7. The first-order valence-corrected chi connectivity index (χ1v) is 25.9. The topological polar surface area (TPSA) is 283 Å². The van der Waals surface area contributed by atoms with Gasteiger partial charge in [0.15, 0.2) is 6.10 Å². The van der Waals surface area contributed by atoms with Crippen LogP contribution in [0.3, 0.4) is 0 Å². The number of benzene rings is 3. The van der Waals surface area contributed by atoms with Crippen LogP contribution in [0.1, 0.15) is 76.8 Å². The molecule has 3 aliphatic heterocycles. The molecule has 2 aromatic heterocycles. The van der Waals surface area contributed by atoms with Gasteiger partial charge >= 0.3 is 5.97 Å². The number of carbonyl (C=O) groups excluding carboxylic acids is 8. The molecule has 0 bridgehead atoms. The van der Waals surface area contributed by atoms with Gasteiger partial charge in [-0.2, -0.15) is 12.6 Å². The van der Waals surface area contributed by atoms with Crippen molar-refractivity contribution in [3.8, 4) is 11.4 Å². The number of esters is 1. The molecule has 4 atom stereocenters. The van der Waals surface area contributed by atoms with Crippen molar-refractivity contribution < 1.29 is 62.1 Å². The standard InChI is InChI=1S/C55H57FN8O13S/c1-29-33-14-15-55(2,48-35-25-63-40(49(35)62-38(47(33)48)20-37(29)56)19-34-36(52(63)72)26-77-54(74)50(34)70)27-75-16-17-76-28-60-44(67)23-59-51(71)39(18-31-6-4-3-5-7-31)61-45(68)24-58-43(66)22-57-42(65)13-10-30-8-11-32(12-9-30)64-46(69)21-41(78)53(64)73/h3-9,11-12,19-20,39,41,50,70,78H,10,13-18,21-28H2,1-2H3,(H,57,65)(H,58,66)(H,59,71)(H,60,67)(H,61,68)/t39?,41?,50?,55-/m0/s1. The molecule has 0 spiro atoms. The molecule has 0 saturated carbocycles. The third-order valence-corrected chi connectivity index (χ3v) is 14.9. The van der Waals surface area contributed by atoms with Gasteiger partial charge < -0.3 is 50.5 Å². The fraction of sp³-hybridized carbons (Fsp3) is 0.382. The van der Waals surface area contributed by atoms with Gasteiger partial charge in [-0.15, -0.1) is 0 Å². The van der Waals surface area contributed by atoms with Gasteiger partial charge in [-0.25, -0.2) is 19.1 Å². The summed E-state index contributed by atoms with van der Waals surface area (Å²) in [7, 11) is 0. The van der Waals surface area contributed by atoms with Gasteiger partial charge in [0.05, 0.1) is 79.4 Å². The summed E-state index contributed by atoms with van der Waals surface area (Å²) in [6.45, 7) is 2.54. The van der Waals surface area contributed by atoms with Crippen LogP contribution in [0, 0.1) is 12.7 Å². The number of imide groups is 1. The lowest BCUT2D eigenvalue weighted by molar-refractivity contribution is -0.157. The number of pyridine rings is 2. The predicted molar refractivity (Wildman–Crippen MR) is 281 cm³/mol. The number of ether oxygens (including phenoxy) is 3. The van der Waals surface area contributed by atoms with E-state index in [-0.39, 0.29) is 76.0 Å². The lowest BCUT2D eigenvalue weighted by atomic mass is 9.69. The Morgan fingerprint density at radius 2 is 1.58 bits per heavy atom. The van der Waals surface area contributed by atoms with Gasteiger partial charge in [0.2, 0.25) is 41.4 Å². The van der Waals surface area contributed by atoms with Crippen LogP contribution in [0.15, 0.2) is 71.5 Å². The van der Waals surface area contributed by atoms with Gasteiger partial charge in [0, 0.05) is 47.3 Å². The number of carbonyl (C=O) groups is 8. The van der Waals surface area contributed by atoms with Crippen LogP contribution in [0.2, 0.25) is 0 Å². The number of anilines is 1. The number of aliphatic hydroxyl groups is 1. The van der Waals surface area contributed by atoms with Crippen LogP contribution in [-0.2, 0) is 90.4 Å². The Balaban J connectivity index is 0.712. The first-order chi connectivity index (χ1) is 37.4. The van der Waals surface area contributed by atoms with Gasteiger partial charge in [-0.05, 0) is 72.2 Å². The third kappa shape index (κ3) is 11.7. The molecule has 23 heteroatoms. The highest BCUT2D eigenvalue weighted by Crippen LogP contribution is 2.48. The minimum atomic E-state index is -1.62. The van der Waals surface area contributed by atoms with Crippen molar-refractivity contribution in [3.05, 3.63) is 127 Å². The number of cyclic esters (lactones) is 1. The molecular formula is C55H57FN8O13S. The zero-order valence-corrected chi connectivity index (χ0v) is 43.6. The number of rotatable bonds is 21. The van der Waals surface area contributed by atoms with E-state index < -0.39 is 95.2 Å². The van der Waals surface area contributed by atoms with Crippen LogP contribution < -0.4 is 37.0 Å². The third-order valence-electron chi connectivity index (χ3n) is 14.5. The van der Waals surface area contributed by atoms with Crippen molar-refractivity contribution in [2.24, 2.45) is 0 Å². The molecule has 1 saturated heterocycles. The number of hydrogen-bond donors (Lipinski definition) is 7. The number of aryl methyl sites for hydroxylation is 2. The molecule has 408 valence electrons. The zero-order valence-electron chi connectivity index (χ0n) is 42.7. The maximum Gasteiger partial charge on any atom is 0.340 e. The van der Waals surface area contributed by atoms with Crippen LogP contribution >= 0.6 is 12.6 Å². The van der Waals surface area contributed by atoms with Crippen LogP contribution in [-0.4, -0.2) is 119 Å². The molecule has 1 aliphatic carbocycles. The number of aromatic nitrogens is 2. The second-order valence-electron chi connectivity index (χ2n) is 19.8. The molecule has 1 fully saturated rings. The number of halogens is 1. The van der Waals surface area contributed by atoms with Crippen molar-refractivity contribution >= 4 is 76.5 Å². The Kier molecular flexibility index (Phi) is 16.5. The average Bonchev–Trinajstić information content (AvgIpc) is 3.92. The molecule has 6 N–H and O–H groups in total. The van der Waals surface area contributed by atoms with Crippen molar-refractivity contribution in [1.29, 1.82) is 0 Å². The first kappa shape index (κ1) is 54.9. The summed E-state index contributed by atoms with van der Waals surface area (Å²) < 4.78 is 33.8. The van der Waals surface area contributed by atoms with E-state index in [1.54, 1.807) is 72.2 Å². The fourth-order valence-electron chi connectivity index (χ4n) is 10.3. The Morgan fingerprint density at radius 1 is 0.872 bits per heavy atom. The minimum Gasteiger partial charge on any atom is -0.458 e. The maximum atomic E-state index is 15.4. The summed E-state index contributed by atoms with van der Waals surface area (Å²) in [6.07, 6.45) is -0.0417. The number of nitrogens with one attached hydrogen (secondary N) is 5. The molecule has 0 radical (unpaired) electrons. The quantitative estimate of drug-likeness (QED) is 0.0177. The number of thiol groups is 1. The van der Waals surface area contributed by atoms with Gasteiger partial charge in [0.1, 0.15) is 25.2 Å². The molecular weight excluding hydrogens is 1030 g/mol. The first-order valence-electron chi connectivity index (χ1n) is 25.4. The molecule has 9 rings (SSSR count). The highest BCUT2D eigenvalue weighted by molar-refractivity contribution is 7.82. The SMILES string of the molecule is Cc1c(F)cc2nc3c(c4c2c1CC[C@@]4(C)COCCOCNC(=O)CNC(=O)C(Cc1ccccc1)NC(=O)CNC(=O)CNC(=O)CCc1ccc(N2C(=O)CC(S)C2=O)cc1)Cn1c-3cc2c(c1=O)COC(=O)C2O. The fourth-order valence-corrected chi connectivity index (χ4v) is 10.6. The monoisotopic (exact) mass is 1090 g/mol. The van der Waals surface area contributed by atoms with Crippen LogP contribution in [0.25, 0.3) is 22.3 Å². The number of fused-ring (bicyclic) bond motifs is 5. The minimum absolute atomic E-state index is 0.0228. The second kappa shape index (κ2) is 23.4. The van der Waals surface area contributed by atoms with E-state index in [1.807, 2.05) is 6.92 Å². The van der Waals surface area contributed by atoms with E-state index in [1.165, 1.54) is 6.07 Å². The van der Waals surface area contributed by atoms with Gasteiger partial charge in [-0.3, -0.25) is 38.4 Å². The van der Waals surface area contributed by atoms with E-state index in [9.17, 15) is 48.3 Å². The summed E-state index contributed by atoms with van der Waals surface area (Å²) in [5.74, 6) is -4.99.